The summed E-state index contributed by atoms with van der Waals surface area (Å²) in [6.45, 7) is 2.54. The summed E-state index contributed by atoms with van der Waals surface area (Å²) in [5, 5.41) is 6.64. The minimum Gasteiger partial charge on any atom is -0.489 e. The minimum absolute atomic E-state index is 0. The second kappa shape index (κ2) is 12.0. The Balaban J connectivity index is 0.00000364. The molecule has 1 atom stereocenters. The molecule has 27 heavy (non-hydrogen) atoms. The second-order valence-corrected chi connectivity index (χ2v) is 6.84. The summed E-state index contributed by atoms with van der Waals surface area (Å²) in [5.74, 6) is 0.907. The van der Waals surface area contributed by atoms with Gasteiger partial charge in [0.25, 0.3) is 0 Å². The Hall–Kier alpha value is -1.58. The quantitative estimate of drug-likeness (QED) is 0.349. The summed E-state index contributed by atoms with van der Waals surface area (Å²) >= 11 is 0. The maximum Gasteiger partial charge on any atom is 0.243 e. The highest BCUT2D eigenvalue weighted by Crippen LogP contribution is 2.17. The van der Waals surface area contributed by atoms with Crippen LogP contribution in [-0.4, -0.2) is 56.1 Å². The zero-order valence-electron chi connectivity index (χ0n) is 16.2. The van der Waals surface area contributed by atoms with Crippen LogP contribution in [-0.2, 0) is 4.79 Å². The van der Waals surface area contributed by atoms with E-state index in [4.69, 9.17) is 4.74 Å². The molecule has 152 valence electrons. The predicted octanol–water partition coefficient (Wildman–Crippen LogP) is 2.78. The standard InChI is InChI=1S/C19H29FN4O2.HI/c1-14(26-17-10-8-15(20)9-11-17)12-21-19(22-13-18(25)24(2)3)23-16-6-4-5-7-16;/h8-11,14,16H,4-7,12-13H2,1-3H3,(H2,21,22,23);1H. The predicted molar refractivity (Wildman–Crippen MR) is 116 cm³/mol. The molecule has 0 heterocycles. The van der Waals surface area contributed by atoms with Gasteiger partial charge in [0.15, 0.2) is 5.96 Å². The van der Waals surface area contributed by atoms with Crippen molar-refractivity contribution in [3.05, 3.63) is 30.1 Å². The summed E-state index contributed by atoms with van der Waals surface area (Å²) in [6.07, 6.45) is 4.52. The lowest BCUT2D eigenvalue weighted by molar-refractivity contribution is -0.127. The average molecular weight is 492 g/mol. The third-order valence-electron chi connectivity index (χ3n) is 4.28. The van der Waals surface area contributed by atoms with Crippen molar-refractivity contribution in [2.24, 2.45) is 4.99 Å². The molecule has 1 aromatic rings. The number of benzene rings is 1. The summed E-state index contributed by atoms with van der Waals surface area (Å²) in [7, 11) is 3.43. The fraction of sp³-hybridized carbons (Fsp3) is 0.579. The Morgan fingerprint density at radius 3 is 2.52 bits per heavy atom. The first kappa shape index (κ1) is 23.5. The van der Waals surface area contributed by atoms with Gasteiger partial charge in [0, 0.05) is 20.1 Å². The van der Waals surface area contributed by atoms with E-state index in [2.05, 4.69) is 15.6 Å². The normalized spacial score (nSPS) is 15.6. The molecule has 1 saturated carbocycles. The molecular weight excluding hydrogens is 462 g/mol. The number of hydrogen-bond donors (Lipinski definition) is 2. The highest BCUT2D eigenvalue weighted by atomic mass is 127. The van der Waals surface area contributed by atoms with Crippen molar-refractivity contribution < 1.29 is 13.9 Å². The summed E-state index contributed by atoms with van der Waals surface area (Å²) in [5.41, 5.74) is 0. The average Bonchev–Trinajstić information content (AvgIpc) is 3.12. The van der Waals surface area contributed by atoms with Gasteiger partial charge in [0.1, 0.15) is 24.2 Å². The van der Waals surface area contributed by atoms with Crippen LogP contribution in [0.3, 0.4) is 0 Å². The number of halogens is 2. The molecule has 1 unspecified atom stereocenters. The van der Waals surface area contributed by atoms with E-state index in [1.807, 2.05) is 6.92 Å². The van der Waals surface area contributed by atoms with E-state index in [0.717, 1.165) is 12.8 Å². The number of ether oxygens (including phenoxy) is 1. The molecule has 1 aromatic carbocycles. The Labute approximate surface area is 178 Å². The van der Waals surface area contributed by atoms with Crippen LogP contribution in [0.25, 0.3) is 0 Å². The number of aliphatic imine (C=N–C) groups is 1. The van der Waals surface area contributed by atoms with Crippen molar-refractivity contribution in [1.82, 2.24) is 15.5 Å². The van der Waals surface area contributed by atoms with Gasteiger partial charge >= 0.3 is 0 Å². The van der Waals surface area contributed by atoms with Crippen molar-refractivity contribution in [2.45, 2.75) is 44.8 Å². The number of amides is 1. The largest absolute Gasteiger partial charge is 0.489 e. The lowest BCUT2D eigenvalue weighted by Crippen LogP contribution is -2.46. The Morgan fingerprint density at radius 1 is 1.30 bits per heavy atom. The molecule has 0 spiro atoms. The molecular formula is C19H30FIN4O2. The van der Waals surface area contributed by atoms with Crippen LogP contribution in [0, 0.1) is 5.82 Å². The van der Waals surface area contributed by atoms with Crippen molar-refractivity contribution in [2.75, 3.05) is 27.2 Å². The van der Waals surface area contributed by atoms with Crippen LogP contribution < -0.4 is 15.4 Å². The van der Waals surface area contributed by atoms with Crippen LogP contribution in [0.2, 0.25) is 0 Å². The smallest absolute Gasteiger partial charge is 0.243 e. The number of likely N-dealkylation sites (N-methyl/N-ethyl adjacent to an activating group) is 1. The van der Waals surface area contributed by atoms with Crippen LogP contribution in [0.15, 0.2) is 29.3 Å². The van der Waals surface area contributed by atoms with Gasteiger partial charge in [-0.1, -0.05) is 12.8 Å². The van der Waals surface area contributed by atoms with Crippen molar-refractivity contribution in [3.8, 4) is 5.75 Å². The SMILES string of the molecule is CC(CNC(=NCC(=O)N(C)C)NC1CCCC1)Oc1ccc(F)cc1.I. The molecule has 1 fully saturated rings. The zero-order valence-corrected chi connectivity index (χ0v) is 18.5. The summed E-state index contributed by atoms with van der Waals surface area (Å²) in [4.78, 5) is 17.7. The van der Waals surface area contributed by atoms with Crippen LogP contribution in [0.4, 0.5) is 4.39 Å². The number of hydrogen-bond acceptors (Lipinski definition) is 3. The molecule has 0 radical (unpaired) electrons. The summed E-state index contributed by atoms with van der Waals surface area (Å²) in [6, 6.07) is 6.35. The molecule has 6 nitrogen and oxygen atoms in total. The number of carbonyl (C=O) groups excluding carboxylic acids is 1. The molecule has 0 aromatic heterocycles. The molecule has 0 bridgehead atoms. The first-order chi connectivity index (χ1) is 12.4. The molecule has 1 aliphatic carbocycles. The number of carbonyl (C=O) groups is 1. The van der Waals surface area contributed by atoms with Gasteiger partial charge in [-0.15, -0.1) is 24.0 Å². The van der Waals surface area contributed by atoms with E-state index in [-0.39, 0.29) is 48.3 Å². The Kier molecular flexibility index (Phi) is 10.4. The highest BCUT2D eigenvalue weighted by molar-refractivity contribution is 14.0. The molecule has 0 aliphatic heterocycles. The molecule has 8 heteroatoms. The molecule has 2 N–H and O–H groups in total. The highest BCUT2D eigenvalue weighted by Gasteiger charge is 2.17. The van der Waals surface area contributed by atoms with Gasteiger partial charge in [0.2, 0.25) is 5.91 Å². The van der Waals surface area contributed by atoms with E-state index in [1.165, 1.54) is 29.9 Å². The van der Waals surface area contributed by atoms with Crippen LogP contribution >= 0.6 is 24.0 Å². The fourth-order valence-electron chi connectivity index (χ4n) is 2.73. The molecule has 0 saturated heterocycles. The fourth-order valence-corrected chi connectivity index (χ4v) is 2.73. The second-order valence-electron chi connectivity index (χ2n) is 6.84. The topological polar surface area (TPSA) is 66.0 Å². The number of nitrogens with one attached hydrogen (secondary N) is 2. The van der Waals surface area contributed by atoms with Gasteiger partial charge in [0.05, 0.1) is 6.54 Å². The maximum atomic E-state index is 13.0. The zero-order chi connectivity index (χ0) is 18.9. The Bertz CT molecular complexity index is 604. The number of guanidine groups is 1. The van der Waals surface area contributed by atoms with E-state index in [0.29, 0.717) is 24.3 Å². The molecule has 1 aliphatic rings. The van der Waals surface area contributed by atoms with Gasteiger partial charge in [-0.05, 0) is 44.0 Å². The Morgan fingerprint density at radius 2 is 1.93 bits per heavy atom. The van der Waals surface area contributed by atoms with E-state index < -0.39 is 0 Å². The third-order valence-corrected chi connectivity index (χ3v) is 4.28. The molecule has 2 rings (SSSR count). The van der Waals surface area contributed by atoms with Crippen LogP contribution in [0.1, 0.15) is 32.6 Å². The maximum absolute atomic E-state index is 13.0. The van der Waals surface area contributed by atoms with E-state index in [1.54, 1.807) is 26.2 Å². The van der Waals surface area contributed by atoms with Crippen molar-refractivity contribution >= 4 is 35.8 Å². The first-order valence-corrected chi connectivity index (χ1v) is 9.11. The number of nitrogens with zero attached hydrogens (tertiary/aromatic N) is 2. The van der Waals surface area contributed by atoms with Crippen molar-refractivity contribution in [3.63, 3.8) is 0 Å². The lowest BCUT2D eigenvalue weighted by atomic mass is 10.2. The van der Waals surface area contributed by atoms with Crippen molar-refractivity contribution in [1.29, 1.82) is 0 Å². The minimum atomic E-state index is -0.288. The van der Waals surface area contributed by atoms with Gasteiger partial charge in [-0.2, -0.15) is 0 Å². The van der Waals surface area contributed by atoms with Gasteiger partial charge in [-0.3, -0.25) is 4.79 Å². The van der Waals surface area contributed by atoms with Gasteiger partial charge in [-0.25, -0.2) is 9.38 Å². The lowest BCUT2D eigenvalue weighted by Gasteiger charge is -2.20. The molecule has 1 amide bonds. The summed E-state index contributed by atoms with van der Waals surface area (Å²) < 4.78 is 18.7. The van der Waals surface area contributed by atoms with Gasteiger partial charge < -0.3 is 20.3 Å². The van der Waals surface area contributed by atoms with E-state index in [9.17, 15) is 9.18 Å². The monoisotopic (exact) mass is 492 g/mol. The first-order valence-electron chi connectivity index (χ1n) is 9.11. The third kappa shape index (κ3) is 8.77. The van der Waals surface area contributed by atoms with E-state index >= 15 is 0 Å². The number of rotatable bonds is 7. The van der Waals surface area contributed by atoms with Crippen LogP contribution in [0.5, 0.6) is 5.75 Å².